The van der Waals surface area contributed by atoms with Crippen molar-refractivity contribution in [1.82, 2.24) is 10.3 Å². The summed E-state index contributed by atoms with van der Waals surface area (Å²) in [7, 11) is 4.04. The summed E-state index contributed by atoms with van der Waals surface area (Å²) in [5, 5.41) is 3.19. The molecule has 0 aliphatic rings. The van der Waals surface area contributed by atoms with Gasteiger partial charge in [-0.1, -0.05) is 18.2 Å². The van der Waals surface area contributed by atoms with Crippen molar-refractivity contribution < 1.29 is 0 Å². The SMILES string of the molecule is CNCc1ccncc1N(C)c1ccccc1C. The van der Waals surface area contributed by atoms with Gasteiger partial charge in [-0.15, -0.1) is 0 Å². The average Bonchev–Trinajstić information content (AvgIpc) is 2.40. The maximum absolute atomic E-state index is 4.23. The van der Waals surface area contributed by atoms with E-state index in [9.17, 15) is 0 Å². The van der Waals surface area contributed by atoms with E-state index in [2.05, 4.69) is 59.5 Å². The minimum Gasteiger partial charge on any atom is -0.343 e. The molecular weight excluding hydrogens is 222 g/mol. The van der Waals surface area contributed by atoms with Crippen molar-refractivity contribution >= 4 is 11.4 Å². The Kier molecular flexibility index (Phi) is 3.95. The smallest absolute Gasteiger partial charge is 0.0640 e. The number of nitrogens with zero attached hydrogens (tertiary/aromatic N) is 2. The lowest BCUT2D eigenvalue weighted by molar-refractivity contribution is 0.814. The van der Waals surface area contributed by atoms with Gasteiger partial charge in [0.1, 0.15) is 0 Å². The highest BCUT2D eigenvalue weighted by Gasteiger charge is 2.10. The van der Waals surface area contributed by atoms with Crippen LogP contribution in [-0.2, 0) is 6.54 Å². The summed E-state index contributed by atoms with van der Waals surface area (Å²) in [4.78, 5) is 6.42. The highest BCUT2D eigenvalue weighted by Crippen LogP contribution is 2.28. The number of para-hydroxylation sites is 1. The third-order valence-corrected chi connectivity index (χ3v) is 3.09. The van der Waals surface area contributed by atoms with E-state index in [4.69, 9.17) is 0 Å². The Morgan fingerprint density at radius 3 is 2.67 bits per heavy atom. The van der Waals surface area contributed by atoms with Gasteiger partial charge in [0, 0.05) is 25.5 Å². The molecule has 0 saturated heterocycles. The Balaban J connectivity index is 2.40. The van der Waals surface area contributed by atoms with Crippen LogP contribution in [0.5, 0.6) is 0 Å². The number of rotatable bonds is 4. The topological polar surface area (TPSA) is 28.2 Å². The molecule has 0 aliphatic carbocycles. The van der Waals surface area contributed by atoms with E-state index >= 15 is 0 Å². The van der Waals surface area contributed by atoms with Gasteiger partial charge in [-0.3, -0.25) is 4.98 Å². The van der Waals surface area contributed by atoms with Gasteiger partial charge in [0.25, 0.3) is 0 Å². The van der Waals surface area contributed by atoms with E-state index in [1.54, 1.807) is 0 Å². The lowest BCUT2D eigenvalue weighted by Crippen LogP contribution is -2.16. The van der Waals surface area contributed by atoms with Crippen LogP contribution in [0.1, 0.15) is 11.1 Å². The Labute approximate surface area is 108 Å². The number of aromatic nitrogens is 1. The molecule has 0 aliphatic heterocycles. The number of benzene rings is 1. The molecule has 0 atom stereocenters. The summed E-state index contributed by atoms with van der Waals surface area (Å²) in [5.74, 6) is 0. The largest absolute Gasteiger partial charge is 0.343 e. The fourth-order valence-electron chi connectivity index (χ4n) is 2.13. The van der Waals surface area contributed by atoms with Gasteiger partial charge in [0.15, 0.2) is 0 Å². The Hall–Kier alpha value is -1.87. The molecule has 1 N–H and O–H groups in total. The lowest BCUT2D eigenvalue weighted by atomic mass is 10.1. The maximum Gasteiger partial charge on any atom is 0.0640 e. The molecule has 0 bridgehead atoms. The van der Waals surface area contributed by atoms with Crippen LogP contribution in [0, 0.1) is 6.92 Å². The van der Waals surface area contributed by atoms with Gasteiger partial charge in [-0.25, -0.2) is 0 Å². The molecule has 0 saturated carbocycles. The molecule has 2 aromatic rings. The van der Waals surface area contributed by atoms with Crippen LogP contribution in [0.4, 0.5) is 11.4 Å². The molecule has 3 heteroatoms. The number of aryl methyl sites for hydroxylation is 1. The van der Waals surface area contributed by atoms with E-state index < -0.39 is 0 Å². The summed E-state index contributed by atoms with van der Waals surface area (Å²) in [5.41, 5.74) is 4.86. The molecule has 2 rings (SSSR count). The molecule has 3 nitrogen and oxygen atoms in total. The van der Waals surface area contributed by atoms with Crippen molar-refractivity contribution in [3.8, 4) is 0 Å². The minimum atomic E-state index is 0.841. The van der Waals surface area contributed by atoms with Crippen molar-refractivity contribution in [2.24, 2.45) is 0 Å². The predicted octanol–water partition coefficient (Wildman–Crippen LogP) is 2.88. The summed E-state index contributed by atoms with van der Waals surface area (Å²) >= 11 is 0. The van der Waals surface area contributed by atoms with Gasteiger partial charge in [0.2, 0.25) is 0 Å². The molecule has 0 radical (unpaired) electrons. The monoisotopic (exact) mass is 241 g/mol. The molecule has 0 fully saturated rings. The van der Waals surface area contributed by atoms with Crippen LogP contribution in [0.15, 0.2) is 42.7 Å². The van der Waals surface area contributed by atoms with Gasteiger partial charge >= 0.3 is 0 Å². The third-order valence-electron chi connectivity index (χ3n) is 3.09. The first-order valence-corrected chi connectivity index (χ1v) is 6.11. The zero-order valence-corrected chi connectivity index (χ0v) is 11.1. The van der Waals surface area contributed by atoms with E-state index in [1.807, 2.05) is 19.4 Å². The van der Waals surface area contributed by atoms with E-state index in [-0.39, 0.29) is 0 Å². The van der Waals surface area contributed by atoms with Crippen LogP contribution >= 0.6 is 0 Å². The fraction of sp³-hybridized carbons (Fsp3) is 0.267. The van der Waals surface area contributed by atoms with Crippen molar-refractivity contribution in [1.29, 1.82) is 0 Å². The zero-order chi connectivity index (χ0) is 13.0. The summed E-state index contributed by atoms with van der Waals surface area (Å²) in [6.45, 7) is 2.97. The average molecular weight is 241 g/mol. The van der Waals surface area contributed by atoms with Crippen molar-refractivity contribution in [2.75, 3.05) is 19.0 Å². The van der Waals surface area contributed by atoms with E-state index in [0.29, 0.717) is 0 Å². The highest BCUT2D eigenvalue weighted by molar-refractivity contribution is 5.67. The molecule has 1 heterocycles. The zero-order valence-electron chi connectivity index (χ0n) is 11.1. The molecule has 94 valence electrons. The fourth-order valence-corrected chi connectivity index (χ4v) is 2.13. The maximum atomic E-state index is 4.23. The first-order valence-electron chi connectivity index (χ1n) is 6.11. The number of hydrogen-bond donors (Lipinski definition) is 1. The van der Waals surface area contributed by atoms with Gasteiger partial charge < -0.3 is 10.2 Å². The van der Waals surface area contributed by atoms with Crippen LogP contribution in [0.3, 0.4) is 0 Å². The number of anilines is 2. The normalized spacial score (nSPS) is 10.4. The second kappa shape index (κ2) is 5.65. The number of nitrogens with one attached hydrogen (secondary N) is 1. The van der Waals surface area contributed by atoms with Gasteiger partial charge in [-0.05, 0) is 37.2 Å². The predicted molar refractivity (Wildman–Crippen MR) is 76.2 cm³/mol. The lowest BCUT2D eigenvalue weighted by Gasteiger charge is -2.23. The standard InChI is InChI=1S/C15H19N3/c1-12-6-4-5-7-14(12)18(3)15-11-17-9-8-13(15)10-16-2/h4-9,11,16H,10H2,1-3H3. The van der Waals surface area contributed by atoms with Gasteiger partial charge in [-0.2, -0.15) is 0 Å². The van der Waals surface area contributed by atoms with Crippen molar-refractivity contribution in [2.45, 2.75) is 13.5 Å². The summed E-state index contributed by atoms with van der Waals surface area (Å²) in [6.07, 6.45) is 3.75. The number of hydrogen-bond acceptors (Lipinski definition) is 3. The van der Waals surface area contributed by atoms with Crippen molar-refractivity contribution in [3.05, 3.63) is 53.9 Å². The molecule has 0 unspecified atom stereocenters. The summed E-state index contributed by atoms with van der Waals surface area (Å²) < 4.78 is 0. The number of pyridine rings is 1. The molecule has 18 heavy (non-hydrogen) atoms. The molecule has 1 aromatic heterocycles. The minimum absolute atomic E-state index is 0.841. The Bertz CT molecular complexity index is 523. The van der Waals surface area contributed by atoms with Gasteiger partial charge in [0.05, 0.1) is 11.9 Å². The van der Waals surface area contributed by atoms with E-state index in [0.717, 1.165) is 12.2 Å². The van der Waals surface area contributed by atoms with Crippen LogP contribution in [-0.4, -0.2) is 19.1 Å². The Morgan fingerprint density at radius 2 is 1.94 bits per heavy atom. The van der Waals surface area contributed by atoms with Crippen LogP contribution < -0.4 is 10.2 Å². The third kappa shape index (κ3) is 2.51. The van der Waals surface area contributed by atoms with Crippen LogP contribution in [0.2, 0.25) is 0 Å². The van der Waals surface area contributed by atoms with Crippen molar-refractivity contribution in [3.63, 3.8) is 0 Å². The van der Waals surface area contributed by atoms with E-state index in [1.165, 1.54) is 16.8 Å². The molecule has 1 aromatic carbocycles. The first kappa shape index (κ1) is 12.6. The molecule has 0 spiro atoms. The highest BCUT2D eigenvalue weighted by atomic mass is 15.1. The summed E-state index contributed by atoms with van der Waals surface area (Å²) in [6, 6.07) is 10.4. The quantitative estimate of drug-likeness (QED) is 0.892. The Morgan fingerprint density at radius 1 is 1.17 bits per heavy atom. The molecular formula is C15H19N3. The second-order valence-electron chi connectivity index (χ2n) is 4.38. The second-order valence-corrected chi connectivity index (χ2v) is 4.38. The molecule has 0 amide bonds. The van der Waals surface area contributed by atoms with Crippen LogP contribution in [0.25, 0.3) is 0 Å². The first-order chi connectivity index (χ1) is 8.74.